The summed E-state index contributed by atoms with van der Waals surface area (Å²) in [4.78, 5) is 24.7. The number of hydrogen-bond donors (Lipinski definition) is 8. The molecule has 32 heavy (non-hydrogen) atoms. The normalized spacial score (nSPS) is 16.3. The minimum absolute atomic E-state index is 0.0254. The molecule has 0 bridgehead atoms. The number of rotatable bonds is 8. The van der Waals surface area contributed by atoms with Crippen LogP contribution < -0.4 is 16.5 Å². The number of carbonyl (C=O) groups is 2. The number of phenolic OH excluding ortho intramolecular Hbond substituents is 3. The van der Waals surface area contributed by atoms with E-state index in [1.165, 1.54) is 18.2 Å². The number of benzene rings is 2. The molecule has 0 aliphatic carbocycles. The number of aromatic hydroxyl groups is 3. The average molecular weight is 445 g/mol. The van der Waals surface area contributed by atoms with Gasteiger partial charge in [0, 0.05) is 18.2 Å². The number of phenols is 3. The molecule has 9 N–H and O–H groups in total. The predicted octanol–water partition coefficient (Wildman–Crippen LogP) is 1.62. The van der Waals surface area contributed by atoms with E-state index in [0.29, 0.717) is 18.5 Å². The van der Waals surface area contributed by atoms with E-state index in [1.807, 2.05) is 0 Å². The molecule has 3 rings (SSSR count). The van der Waals surface area contributed by atoms with E-state index in [2.05, 4.69) is 15.3 Å². The van der Waals surface area contributed by atoms with E-state index in [-0.39, 0.29) is 41.6 Å². The van der Waals surface area contributed by atoms with Crippen molar-refractivity contribution in [3.05, 3.63) is 47.5 Å². The van der Waals surface area contributed by atoms with Crippen molar-refractivity contribution in [3.8, 4) is 23.0 Å². The third-order valence-corrected chi connectivity index (χ3v) is 5.05. The molecule has 2 aromatic carbocycles. The third-order valence-electron chi connectivity index (χ3n) is 5.05. The molecule has 2 aromatic rings. The highest BCUT2D eigenvalue weighted by molar-refractivity contribution is 6.02. The van der Waals surface area contributed by atoms with Crippen molar-refractivity contribution >= 4 is 17.7 Å². The highest BCUT2D eigenvalue weighted by Crippen LogP contribution is 2.49. The quantitative estimate of drug-likeness (QED) is 0.129. The van der Waals surface area contributed by atoms with Crippen molar-refractivity contribution in [1.82, 2.24) is 10.8 Å². The Morgan fingerprint density at radius 2 is 1.88 bits per heavy atom. The number of nitrogens with two attached hydrogens (primary N) is 1. The topological polar surface area (TPSA) is 192 Å². The Kier molecular flexibility index (Phi) is 6.69. The van der Waals surface area contributed by atoms with Crippen LogP contribution in [0, 0.1) is 5.41 Å². The molecule has 0 radical (unpaired) electrons. The first-order chi connectivity index (χ1) is 15.2. The molecule has 2 atom stereocenters. The number of carbonyl (C=O) groups excluding carboxylic acids is 1. The summed E-state index contributed by atoms with van der Waals surface area (Å²) in [5, 5.41) is 49.4. The number of carboxylic acids is 1. The summed E-state index contributed by atoms with van der Waals surface area (Å²) in [6.45, 7) is 0.295. The molecule has 0 amide bonds. The lowest BCUT2D eigenvalue weighted by Crippen LogP contribution is -2.45. The van der Waals surface area contributed by atoms with Crippen molar-refractivity contribution in [2.24, 2.45) is 5.73 Å². The fraction of sp³-hybridized carbons (Fsp3) is 0.286. The lowest BCUT2D eigenvalue weighted by atomic mass is 9.95. The minimum atomic E-state index is -1.16. The molecule has 1 aliphatic rings. The second-order valence-electron chi connectivity index (χ2n) is 7.37. The molecular formula is C21H25N4O7+. The standard InChI is InChI=1S/C21H24N4O7/c22-21(23)24-7-1-2-14(20(30)31)25-32-17(11-3-5-12(26)6-4-11)10-16(29)19-15(28)8-13(27)9-18(19)32/h3-6,8-9,14,17,25H,1-2,7,10H2,(H7-,22,23,24,26,27,28,29,30,31)/p+1/t14-,17-/m0/s1. The van der Waals surface area contributed by atoms with Gasteiger partial charge in [-0.05, 0) is 42.6 Å². The molecule has 0 aromatic heterocycles. The average Bonchev–Trinajstić information content (AvgIpc) is 2.71. The van der Waals surface area contributed by atoms with E-state index < -0.39 is 29.6 Å². The number of hydrogen-bond acceptors (Lipinski definition) is 7. The number of aliphatic carboxylic acids is 1. The second-order valence-corrected chi connectivity index (χ2v) is 7.37. The van der Waals surface area contributed by atoms with Crippen molar-refractivity contribution in [1.29, 1.82) is 5.41 Å². The summed E-state index contributed by atoms with van der Waals surface area (Å²) in [6.07, 6.45) is -0.325. The van der Waals surface area contributed by atoms with E-state index in [4.69, 9.17) is 11.1 Å². The van der Waals surface area contributed by atoms with Crippen LogP contribution in [0.15, 0.2) is 36.4 Å². The van der Waals surface area contributed by atoms with Crippen LogP contribution in [0.4, 0.5) is 0 Å². The second kappa shape index (κ2) is 9.43. The van der Waals surface area contributed by atoms with Crippen LogP contribution in [-0.2, 0) is 9.26 Å². The van der Waals surface area contributed by atoms with Crippen LogP contribution in [-0.4, -0.2) is 50.7 Å². The largest absolute Gasteiger partial charge is 0.508 e. The number of nitrogens with one attached hydrogen (secondary N) is 3. The molecule has 1 aliphatic heterocycles. The van der Waals surface area contributed by atoms with Crippen LogP contribution in [0.2, 0.25) is 0 Å². The van der Waals surface area contributed by atoms with Crippen LogP contribution in [0.1, 0.15) is 41.3 Å². The zero-order valence-corrected chi connectivity index (χ0v) is 17.0. The Morgan fingerprint density at radius 3 is 2.50 bits per heavy atom. The van der Waals surface area contributed by atoms with Crippen LogP contribution >= 0.6 is 0 Å². The number of carboxylic acid groups (broad SMARTS) is 1. The zero-order chi connectivity index (χ0) is 23.4. The van der Waals surface area contributed by atoms with Crippen LogP contribution in [0.25, 0.3) is 0 Å². The number of fused-ring (bicyclic) bond motifs is 1. The van der Waals surface area contributed by atoms with Gasteiger partial charge in [-0.25, -0.2) is 0 Å². The monoisotopic (exact) mass is 445 g/mol. The summed E-state index contributed by atoms with van der Waals surface area (Å²) in [5.74, 6) is -2.42. The van der Waals surface area contributed by atoms with Crippen LogP contribution in [0.5, 0.6) is 23.0 Å². The Labute approximate surface area is 183 Å². The maximum absolute atomic E-state index is 12.8. The summed E-state index contributed by atoms with van der Waals surface area (Å²) >= 11 is 0. The molecule has 0 spiro atoms. The summed E-state index contributed by atoms with van der Waals surface area (Å²) in [6, 6.07) is 7.24. The molecule has 11 nitrogen and oxygen atoms in total. The SMILES string of the molecule is N=C(N)NCCC[C@H](N[O+]1c2cc(O)cc(O)c2C(=O)C[C@H]1c1ccc(O)cc1)C(=O)O. The van der Waals surface area contributed by atoms with E-state index >= 15 is 0 Å². The maximum Gasteiger partial charge on any atom is 0.328 e. The molecule has 11 heteroatoms. The molecule has 0 saturated heterocycles. The smallest absolute Gasteiger partial charge is 0.328 e. The highest BCUT2D eigenvalue weighted by Gasteiger charge is 2.43. The Morgan fingerprint density at radius 1 is 1.19 bits per heavy atom. The minimum Gasteiger partial charge on any atom is -0.508 e. The summed E-state index contributed by atoms with van der Waals surface area (Å²) in [7, 11) is 0. The predicted molar refractivity (Wildman–Crippen MR) is 114 cm³/mol. The van der Waals surface area contributed by atoms with Gasteiger partial charge in [-0.15, -0.1) is 0 Å². The van der Waals surface area contributed by atoms with Gasteiger partial charge in [0.25, 0.3) is 0 Å². The number of Topliss-reactive ketones (excluding diaryl/α,β-unsaturated/α-hetero) is 1. The van der Waals surface area contributed by atoms with Gasteiger partial charge in [-0.1, -0.05) is 0 Å². The zero-order valence-electron chi connectivity index (χ0n) is 17.0. The Bertz CT molecular complexity index is 1030. The first-order valence-corrected chi connectivity index (χ1v) is 9.85. The summed E-state index contributed by atoms with van der Waals surface area (Å²) < 4.78 is 2.54. The molecule has 0 unspecified atom stereocenters. The van der Waals surface area contributed by atoms with Gasteiger partial charge in [-0.3, -0.25) is 15.0 Å². The van der Waals surface area contributed by atoms with E-state index in [1.54, 1.807) is 12.1 Å². The number of hydroxylamine groups is 1. The maximum atomic E-state index is 12.8. The Balaban J connectivity index is 1.97. The molecular weight excluding hydrogens is 420 g/mol. The lowest BCUT2D eigenvalue weighted by Gasteiger charge is -2.36. The van der Waals surface area contributed by atoms with Crippen molar-refractivity contribution in [3.63, 3.8) is 0 Å². The lowest BCUT2D eigenvalue weighted by molar-refractivity contribution is -0.208. The van der Waals surface area contributed by atoms with Gasteiger partial charge in [0.1, 0.15) is 23.7 Å². The van der Waals surface area contributed by atoms with E-state index in [9.17, 15) is 30.0 Å². The molecule has 170 valence electrons. The van der Waals surface area contributed by atoms with Gasteiger partial charge in [0.15, 0.2) is 23.3 Å². The van der Waals surface area contributed by atoms with Crippen LogP contribution in [0.3, 0.4) is 0 Å². The summed E-state index contributed by atoms with van der Waals surface area (Å²) in [5.41, 5.74) is 8.61. The van der Waals surface area contributed by atoms with Gasteiger partial charge >= 0.3 is 11.7 Å². The first kappa shape index (κ1) is 22.7. The van der Waals surface area contributed by atoms with Gasteiger partial charge in [0.05, 0.1) is 6.07 Å². The first-order valence-electron chi connectivity index (χ1n) is 9.85. The van der Waals surface area contributed by atoms with Gasteiger partial charge in [0.2, 0.25) is 6.10 Å². The number of guanidine groups is 1. The Hall–Kier alpha value is -3.99. The molecule has 1 heterocycles. The van der Waals surface area contributed by atoms with Gasteiger partial charge < -0.3 is 35.9 Å². The molecule has 0 fully saturated rings. The number of ketones is 1. The third kappa shape index (κ3) is 5.01. The fourth-order valence-corrected chi connectivity index (χ4v) is 3.55. The van der Waals surface area contributed by atoms with Crippen molar-refractivity contribution in [2.45, 2.75) is 31.4 Å². The fourth-order valence-electron chi connectivity index (χ4n) is 3.55. The molecule has 0 saturated carbocycles. The van der Waals surface area contributed by atoms with Crippen molar-refractivity contribution in [2.75, 3.05) is 6.54 Å². The highest BCUT2D eigenvalue weighted by atomic mass is 16.8. The van der Waals surface area contributed by atoms with Gasteiger partial charge in [-0.2, -0.15) is 0 Å². The van der Waals surface area contributed by atoms with Crippen molar-refractivity contribution < 1.29 is 34.5 Å². The van der Waals surface area contributed by atoms with E-state index in [0.717, 1.165) is 6.07 Å².